The van der Waals surface area contributed by atoms with Crippen molar-refractivity contribution >= 4 is 11.8 Å². The molecule has 5 nitrogen and oxygen atoms in total. The molecule has 1 heterocycles. The Morgan fingerprint density at radius 1 is 0.912 bits per heavy atom. The molecule has 1 saturated carbocycles. The van der Waals surface area contributed by atoms with Crippen LogP contribution in [0.4, 0.5) is 0 Å². The second-order valence-corrected chi connectivity index (χ2v) is 11.2. The summed E-state index contributed by atoms with van der Waals surface area (Å²) < 4.78 is 0. The van der Waals surface area contributed by atoms with Gasteiger partial charge in [0.05, 0.1) is 5.69 Å². The van der Waals surface area contributed by atoms with E-state index < -0.39 is 17.7 Å². The molecule has 34 heavy (non-hydrogen) atoms. The zero-order valence-corrected chi connectivity index (χ0v) is 21.3. The summed E-state index contributed by atoms with van der Waals surface area (Å²) in [5.41, 5.74) is 18.7. The van der Waals surface area contributed by atoms with Crippen molar-refractivity contribution in [3.8, 4) is 0 Å². The van der Waals surface area contributed by atoms with Gasteiger partial charge in [-0.2, -0.15) is 0 Å². The molecule has 2 aromatic rings. The van der Waals surface area contributed by atoms with Crippen molar-refractivity contribution in [2.45, 2.75) is 95.8 Å². The molecular formula is C29H39N3O2. The lowest BCUT2D eigenvalue weighted by Crippen LogP contribution is -2.37. The van der Waals surface area contributed by atoms with E-state index in [1.54, 1.807) is 6.20 Å². The number of fused-ring (bicyclic) bond motifs is 1. The van der Waals surface area contributed by atoms with E-state index in [0.29, 0.717) is 0 Å². The highest BCUT2D eigenvalue weighted by Gasteiger charge is 2.50. The number of pyridine rings is 1. The van der Waals surface area contributed by atoms with Gasteiger partial charge in [0, 0.05) is 11.6 Å². The van der Waals surface area contributed by atoms with Crippen LogP contribution >= 0.6 is 0 Å². The summed E-state index contributed by atoms with van der Waals surface area (Å²) in [4.78, 5) is 27.9. The normalized spacial score (nSPS) is 25.1. The van der Waals surface area contributed by atoms with Gasteiger partial charge in [-0.1, -0.05) is 45.9 Å². The summed E-state index contributed by atoms with van der Waals surface area (Å²) >= 11 is 0. The first-order chi connectivity index (χ1) is 16.0. The van der Waals surface area contributed by atoms with Crippen molar-refractivity contribution in [3.05, 3.63) is 64.0 Å². The number of primary amides is 2. The Morgan fingerprint density at radius 3 is 1.91 bits per heavy atom. The third-order valence-electron chi connectivity index (χ3n) is 9.16. The molecule has 0 spiro atoms. The number of aryl methyl sites for hydroxylation is 1. The fourth-order valence-corrected chi connectivity index (χ4v) is 5.97. The van der Waals surface area contributed by atoms with E-state index in [-0.39, 0.29) is 22.7 Å². The van der Waals surface area contributed by atoms with Gasteiger partial charge in [0.1, 0.15) is 5.92 Å². The average Bonchev–Trinajstić information content (AvgIpc) is 3.61. The van der Waals surface area contributed by atoms with E-state index in [1.165, 1.54) is 35.1 Å². The highest BCUT2D eigenvalue weighted by Crippen LogP contribution is 2.57. The molecule has 2 aliphatic rings. The van der Waals surface area contributed by atoms with E-state index in [1.807, 2.05) is 6.07 Å². The summed E-state index contributed by atoms with van der Waals surface area (Å²) in [6.45, 7) is 11.7. The second-order valence-electron chi connectivity index (χ2n) is 11.2. The molecule has 0 aliphatic heterocycles. The maximum absolute atomic E-state index is 11.6. The molecule has 4 N–H and O–H groups in total. The highest BCUT2D eigenvalue weighted by molar-refractivity contribution is 5.99. The topological polar surface area (TPSA) is 99.1 Å². The molecule has 1 aromatic carbocycles. The molecule has 1 fully saturated rings. The SMILES string of the molecule is CCC1(C)CCC(C)(CC)c2cc(C3(c4ccc(CC(C(N)=O)C(N)=O)cn4)CC3)c(C)cc21. The monoisotopic (exact) mass is 461 g/mol. The number of rotatable bonds is 8. The van der Waals surface area contributed by atoms with Crippen LogP contribution in [0.25, 0.3) is 0 Å². The summed E-state index contributed by atoms with van der Waals surface area (Å²) in [5, 5.41) is 0. The quantitative estimate of drug-likeness (QED) is 0.556. The first kappa shape index (κ1) is 24.4. The predicted octanol–water partition coefficient (Wildman–Crippen LogP) is 4.73. The fourth-order valence-electron chi connectivity index (χ4n) is 5.97. The standard InChI is InChI=1S/C29H39N3O2/c1-6-27(4)10-11-28(5,7-2)23-16-21(18(3)14-22(23)27)29(12-13-29)24-9-8-19(17-32-24)15-20(25(30)33)26(31)34/h8-9,14,16-17,20H,6-7,10-13,15H2,1-5H3,(H2,30,33)(H2,31,34). The minimum absolute atomic E-state index is 0.0564. The van der Waals surface area contributed by atoms with Crippen LogP contribution in [-0.2, 0) is 32.3 Å². The van der Waals surface area contributed by atoms with Gasteiger partial charge in [0.2, 0.25) is 11.8 Å². The molecule has 0 saturated heterocycles. The van der Waals surface area contributed by atoms with Crippen LogP contribution in [0.5, 0.6) is 0 Å². The lowest BCUT2D eigenvalue weighted by molar-refractivity contribution is -0.131. The summed E-state index contributed by atoms with van der Waals surface area (Å²) in [6.07, 6.45) is 8.89. The summed E-state index contributed by atoms with van der Waals surface area (Å²) in [5.74, 6) is -2.40. The van der Waals surface area contributed by atoms with Gasteiger partial charge < -0.3 is 11.5 Å². The molecule has 2 amide bonds. The van der Waals surface area contributed by atoms with Crippen molar-refractivity contribution in [2.75, 3.05) is 0 Å². The van der Waals surface area contributed by atoms with E-state index in [0.717, 1.165) is 36.9 Å². The number of nitrogens with zero attached hydrogens (tertiary/aromatic N) is 1. The number of aromatic nitrogens is 1. The van der Waals surface area contributed by atoms with E-state index in [2.05, 4.69) is 52.8 Å². The smallest absolute Gasteiger partial charge is 0.230 e. The molecule has 5 heteroatoms. The average molecular weight is 462 g/mol. The number of hydrogen-bond acceptors (Lipinski definition) is 3. The van der Waals surface area contributed by atoms with Gasteiger partial charge in [0.25, 0.3) is 0 Å². The molecule has 1 aromatic heterocycles. The summed E-state index contributed by atoms with van der Waals surface area (Å²) in [7, 11) is 0. The number of hydrogen-bond donors (Lipinski definition) is 2. The lowest BCUT2D eigenvalue weighted by Gasteiger charge is -2.45. The molecule has 2 unspecified atom stereocenters. The van der Waals surface area contributed by atoms with Crippen LogP contribution in [0.1, 0.15) is 99.7 Å². The van der Waals surface area contributed by atoms with Crippen molar-refractivity contribution in [2.24, 2.45) is 17.4 Å². The third kappa shape index (κ3) is 3.93. The minimum Gasteiger partial charge on any atom is -0.369 e. The minimum atomic E-state index is -1.01. The van der Waals surface area contributed by atoms with Crippen LogP contribution in [-0.4, -0.2) is 16.8 Å². The maximum Gasteiger partial charge on any atom is 0.230 e. The van der Waals surface area contributed by atoms with Gasteiger partial charge in [-0.05, 0) is 96.6 Å². The van der Waals surface area contributed by atoms with Gasteiger partial charge in [-0.3, -0.25) is 14.6 Å². The van der Waals surface area contributed by atoms with Crippen LogP contribution in [0.15, 0.2) is 30.5 Å². The van der Waals surface area contributed by atoms with Crippen LogP contribution < -0.4 is 11.5 Å². The third-order valence-corrected chi connectivity index (χ3v) is 9.16. The van der Waals surface area contributed by atoms with Crippen LogP contribution in [0.2, 0.25) is 0 Å². The second kappa shape index (κ2) is 8.51. The lowest BCUT2D eigenvalue weighted by atomic mass is 9.59. The van der Waals surface area contributed by atoms with E-state index in [9.17, 15) is 9.59 Å². The number of benzene rings is 1. The van der Waals surface area contributed by atoms with Crippen LogP contribution in [0.3, 0.4) is 0 Å². The summed E-state index contributed by atoms with van der Waals surface area (Å²) in [6, 6.07) is 8.99. The zero-order valence-electron chi connectivity index (χ0n) is 21.3. The fraction of sp³-hybridized carbons (Fsp3) is 0.552. The first-order valence-corrected chi connectivity index (χ1v) is 12.7. The molecule has 2 atom stereocenters. The first-order valence-electron chi connectivity index (χ1n) is 12.7. The Morgan fingerprint density at radius 2 is 1.47 bits per heavy atom. The predicted molar refractivity (Wildman–Crippen MR) is 136 cm³/mol. The van der Waals surface area contributed by atoms with Gasteiger partial charge in [-0.15, -0.1) is 0 Å². The molecule has 182 valence electrons. The van der Waals surface area contributed by atoms with E-state index in [4.69, 9.17) is 16.5 Å². The molecule has 4 rings (SSSR count). The number of nitrogens with two attached hydrogens (primary N) is 2. The Labute approximate surface area is 203 Å². The van der Waals surface area contributed by atoms with Gasteiger partial charge in [0.15, 0.2) is 0 Å². The number of carbonyl (C=O) groups excluding carboxylic acids is 2. The van der Waals surface area contributed by atoms with Crippen molar-refractivity contribution in [1.82, 2.24) is 4.98 Å². The van der Waals surface area contributed by atoms with E-state index >= 15 is 0 Å². The molecule has 0 radical (unpaired) electrons. The van der Waals surface area contributed by atoms with Crippen molar-refractivity contribution in [3.63, 3.8) is 0 Å². The van der Waals surface area contributed by atoms with Crippen LogP contribution in [0, 0.1) is 12.8 Å². The molecule has 2 aliphatic carbocycles. The Kier molecular flexibility index (Phi) is 6.12. The van der Waals surface area contributed by atoms with Gasteiger partial charge in [-0.25, -0.2) is 0 Å². The Hall–Kier alpha value is -2.69. The van der Waals surface area contributed by atoms with Gasteiger partial charge >= 0.3 is 0 Å². The van der Waals surface area contributed by atoms with Crippen molar-refractivity contribution in [1.29, 1.82) is 0 Å². The zero-order chi connectivity index (χ0) is 24.9. The molecular weight excluding hydrogens is 422 g/mol. The molecule has 0 bridgehead atoms. The number of amides is 2. The highest BCUT2D eigenvalue weighted by atomic mass is 16.2. The van der Waals surface area contributed by atoms with Crippen molar-refractivity contribution < 1.29 is 9.59 Å². The Balaban J connectivity index is 1.72. The largest absolute Gasteiger partial charge is 0.369 e. The number of carbonyl (C=O) groups is 2. The maximum atomic E-state index is 11.6. The Bertz CT molecular complexity index is 1100.